The zero-order chi connectivity index (χ0) is 20.6. The van der Waals surface area contributed by atoms with E-state index < -0.39 is 16.0 Å². The second-order valence-electron chi connectivity index (χ2n) is 6.66. The molecule has 0 aliphatic heterocycles. The molecule has 2 heterocycles. The molecule has 7 nitrogen and oxygen atoms in total. The fourth-order valence-electron chi connectivity index (χ4n) is 3.17. The van der Waals surface area contributed by atoms with Crippen LogP contribution in [0.15, 0.2) is 67.0 Å². The Kier molecular flexibility index (Phi) is 4.56. The molecule has 0 atom stereocenters. The molecule has 4 rings (SSSR count). The zero-order valence-electron chi connectivity index (χ0n) is 15.4. The van der Waals surface area contributed by atoms with Crippen molar-refractivity contribution in [3.8, 4) is 22.3 Å². The number of fused-ring (bicyclic) bond motifs is 1. The van der Waals surface area contributed by atoms with Gasteiger partial charge in [-0.1, -0.05) is 24.3 Å². The number of nitrogens with one attached hydrogen (secondary N) is 2. The maximum absolute atomic E-state index is 11.5. The zero-order valence-corrected chi connectivity index (χ0v) is 16.2. The smallest absolute Gasteiger partial charge is 0.335 e. The van der Waals surface area contributed by atoms with Crippen LogP contribution in [-0.4, -0.2) is 35.7 Å². The number of pyridine rings is 1. The fourth-order valence-corrected chi connectivity index (χ4v) is 3.72. The van der Waals surface area contributed by atoms with Crippen LogP contribution in [0, 0.1) is 0 Å². The number of aromatic nitrogens is 2. The monoisotopic (exact) mass is 407 g/mol. The average Bonchev–Trinajstić information content (AvgIpc) is 3.10. The summed E-state index contributed by atoms with van der Waals surface area (Å²) in [6, 6.07) is 15.7. The number of rotatable bonds is 5. The Balaban J connectivity index is 1.76. The van der Waals surface area contributed by atoms with Crippen molar-refractivity contribution in [2.45, 2.75) is 0 Å². The minimum absolute atomic E-state index is 0.225. The van der Waals surface area contributed by atoms with Crippen molar-refractivity contribution in [2.75, 3.05) is 11.0 Å². The molecule has 8 heteroatoms. The normalized spacial score (nSPS) is 11.5. The molecule has 0 aliphatic rings. The lowest BCUT2D eigenvalue weighted by Crippen LogP contribution is -2.09. The second kappa shape index (κ2) is 7.06. The number of carboxylic acids is 1. The van der Waals surface area contributed by atoms with Crippen LogP contribution in [0.25, 0.3) is 33.3 Å². The molecular weight excluding hydrogens is 390 g/mol. The van der Waals surface area contributed by atoms with Crippen molar-refractivity contribution in [3.05, 3.63) is 72.6 Å². The Hall–Kier alpha value is -3.65. The standard InChI is InChI=1S/C21H17N3O4S/c1-29(27,28)24-17-4-2-3-15(9-17)16-10-18-19(12-23-20(18)22-11-16)13-5-7-14(8-6-13)21(25)26/h2-12,24H,1H3,(H,22,23)(H,25,26). The highest BCUT2D eigenvalue weighted by molar-refractivity contribution is 7.92. The number of H-pyrrole nitrogens is 1. The largest absolute Gasteiger partial charge is 0.478 e. The van der Waals surface area contributed by atoms with Gasteiger partial charge in [-0.15, -0.1) is 0 Å². The highest BCUT2D eigenvalue weighted by Crippen LogP contribution is 2.32. The summed E-state index contributed by atoms with van der Waals surface area (Å²) >= 11 is 0. The molecule has 2 aromatic carbocycles. The lowest BCUT2D eigenvalue weighted by molar-refractivity contribution is 0.0697. The van der Waals surface area contributed by atoms with Gasteiger partial charge in [0, 0.05) is 34.6 Å². The van der Waals surface area contributed by atoms with Crippen LogP contribution in [0.1, 0.15) is 10.4 Å². The summed E-state index contributed by atoms with van der Waals surface area (Å²) in [6.07, 6.45) is 4.66. The predicted octanol–water partition coefficient (Wildman–Crippen LogP) is 3.97. The third kappa shape index (κ3) is 3.97. The highest BCUT2D eigenvalue weighted by atomic mass is 32.2. The van der Waals surface area contributed by atoms with E-state index in [9.17, 15) is 13.2 Å². The number of aromatic carboxylic acids is 1. The van der Waals surface area contributed by atoms with Crippen molar-refractivity contribution in [2.24, 2.45) is 0 Å². The number of carboxylic acid groups (broad SMARTS) is 1. The summed E-state index contributed by atoms with van der Waals surface area (Å²) in [6.45, 7) is 0. The van der Waals surface area contributed by atoms with Crippen LogP contribution in [0.2, 0.25) is 0 Å². The van der Waals surface area contributed by atoms with E-state index in [4.69, 9.17) is 5.11 Å². The van der Waals surface area contributed by atoms with Crippen LogP contribution < -0.4 is 4.72 Å². The third-order valence-electron chi connectivity index (χ3n) is 4.47. The molecule has 0 aliphatic carbocycles. The van der Waals surface area contributed by atoms with Crippen LogP contribution in [0.3, 0.4) is 0 Å². The minimum atomic E-state index is -3.37. The first-order valence-corrected chi connectivity index (χ1v) is 10.6. The maximum Gasteiger partial charge on any atom is 0.335 e. The van der Waals surface area contributed by atoms with Gasteiger partial charge in [0.1, 0.15) is 5.65 Å². The number of sulfonamides is 1. The lowest BCUT2D eigenvalue weighted by Gasteiger charge is -2.07. The van der Waals surface area contributed by atoms with E-state index in [1.165, 1.54) is 0 Å². The van der Waals surface area contributed by atoms with Gasteiger partial charge in [-0.3, -0.25) is 4.72 Å². The van der Waals surface area contributed by atoms with Crippen LogP contribution in [0.4, 0.5) is 5.69 Å². The first-order valence-electron chi connectivity index (χ1n) is 8.69. The molecule has 0 bridgehead atoms. The Morgan fingerprint density at radius 2 is 1.79 bits per heavy atom. The van der Waals surface area contributed by atoms with Gasteiger partial charge in [-0.2, -0.15) is 0 Å². The van der Waals surface area contributed by atoms with Gasteiger partial charge in [0.15, 0.2) is 0 Å². The second-order valence-corrected chi connectivity index (χ2v) is 8.41. The minimum Gasteiger partial charge on any atom is -0.478 e. The fraction of sp³-hybridized carbons (Fsp3) is 0.0476. The van der Waals surface area contributed by atoms with Gasteiger partial charge in [-0.25, -0.2) is 18.2 Å². The first-order chi connectivity index (χ1) is 13.8. The molecule has 29 heavy (non-hydrogen) atoms. The van der Waals surface area contributed by atoms with Crippen LogP contribution in [0.5, 0.6) is 0 Å². The molecule has 0 fully saturated rings. The Labute approximate surface area is 167 Å². The Morgan fingerprint density at radius 3 is 2.48 bits per heavy atom. The summed E-state index contributed by atoms with van der Waals surface area (Å²) in [5, 5.41) is 9.96. The van der Waals surface area contributed by atoms with Crippen molar-refractivity contribution in [3.63, 3.8) is 0 Å². The van der Waals surface area contributed by atoms with E-state index in [1.807, 2.05) is 18.3 Å². The predicted molar refractivity (Wildman–Crippen MR) is 112 cm³/mol. The summed E-state index contributed by atoms with van der Waals surface area (Å²) in [7, 11) is -3.37. The van der Waals surface area contributed by atoms with Crippen LogP contribution in [-0.2, 0) is 10.0 Å². The molecule has 3 N–H and O–H groups in total. The Bertz CT molecular complexity index is 1330. The van der Waals surface area contributed by atoms with E-state index in [2.05, 4.69) is 14.7 Å². The number of benzene rings is 2. The summed E-state index contributed by atoms with van der Waals surface area (Å²) in [5.74, 6) is -0.970. The molecule has 0 saturated carbocycles. The van der Waals surface area contributed by atoms with Gasteiger partial charge in [0.25, 0.3) is 0 Å². The third-order valence-corrected chi connectivity index (χ3v) is 5.08. The summed E-state index contributed by atoms with van der Waals surface area (Å²) in [5.41, 5.74) is 4.83. The molecular formula is C21H17N3O4S. The topological polar surface area (TPSA) is 112 Å². The number of nitrogens with zero attached hydrogens (tertiary/aromatic N) is 1. The van der Waals surface area contributed by atoms with Crippen molar-refractivity contribution >= 4 is 32.7 Å². The van der Waals surface area contributed by atoms with Gasteiger partial charge >= 0.3 is 5.97 Å². The lowest BCUT2D eigenvalue weighted by atomic mass is 10.0. The number of hydrogen-bond donors (Lipinski definition) is 3. The molecule has 2 aromatic heterocycles. The van der Waals surface area contributed by atoms with Crippen LogP contribution >= 0.6 is 0 Å². The molecule has 0 saturated heterocycles. The van der Waals surface area contributed by atoms with E-state index in [0.717, 1.165) is 33.9 Å². The molecule has 0 unspecified atom stereocenters. The number of hydrogen-bond acceptors (Lipinski definition) is 4. The number of anilines is 1. The van der Waals surface area contributed by atoms with Crippen molar-refractivity contribution < 1.29 is 18.3 Å². The molecule has 0 amide bonds. The molecule has 0 spiro atoms. The SMILES string of the molecule is CS(=O)(=O)Nc1cccc(-c2cnc3[nH]cc(-c4ccc(C(=O)O)cc4)c3c2)c1. The van der Waals surface area contributed by atoms with Crippen molar-refractivity contribution in [1.29, 1.82) is 0 Å². The number of carbonyl (C=O) groups is 1. The van der Waals surface area contributed by atoms with Gasteiger partial charge in [0.2, 0.25) is 10.0 Å². The number of aromatic amines is 1. The maximum atomic E-state index is 11.5. The Morgan fingerprint density at radius 1 is 1.03 bits per heavy atom. The van der Waals surface area contributed by atoms with Gasteiger partial charge in [0.05, 0.1) is 11.8 Å². The van der Waals surface area contributed by atoms with E-state index in [1.54, 1.807) is 48.7 Å². The first kappa shape index (κ1) is 18.7. The summed E-state index contributed by atoms with van der Waals surface area (Å²) < 4.78 is 25.5. The summed E-state index contributed by atoms with van der Waals surface area (Å²) in [4.78, 5) is 18.7. The molecule has 4 aromatic rings. The van der Waals surface area contributed by atoms with Crippen molar-refractivity contribution in [1.82, 2.24) is 9.97 Å². The van der Waals surface area contributed by atoms with E-state index >= 15 is 0 Å². The quantitative estimate of drug-likeness (QED) is 0.463. The molecule has 0 radical (unpaired) electrons. The average molecular weight is 407 g/mol. The molecule has 146 valence electrons. The van der Waals surface area contributed by atoms with Gasteiger partial charge < -0.3 is 10.1 Å². The van der Waals surface area contributed by atoms with E-state index in [0.29, 0.717) is 11.3 Å². The highest BCUT2D eigenvalue weighted by Gasteiger charge is 2.11. The van der Waals surface area contributed by atoms with Gasteiger partial charge in [-0.05, 0) is 41.5 Å². The van der Waals surface area contributed by atoms with E-state index in [-0.39, 0.29) is 5.56 Å².